The second-order valence-electron chi connectivity index (χ2n) is 7.87. The Bertz CT molecular complexity index is 892. The first-order valence-electron chi connectivity index (χ1n) is 10.9. The van der Waals surface area contributed by atoms with Gasteiger partial charge in [-0.05, 0) is 82.2 Å². The molecule has 0 aliphatic carbocycles. The van der Waals surface area contributed by atoms with Crippen LogP contribution in [0.4, 0.5) is 0 Å². The maximum absolute atomic E-state index is 12.8. The van der Waals surface area contributed by atoms with Crippen molar-refractivity contribution in [3.63, 3.8) is 0 Å². The minimum absolute atomic E-state index is 0.00915. The fraction of sp³-hybridized carbons (Fsp3) is 0.370. The average Bonchev–Trinajstić information content (AvgIpc) is 2.73. The first-order chi connectivity index (χ1) is 14.8. The molecule has 0 fully saturated rings. The average molecular weight is 423 g/mol. The number of hydrogen-bond donors (Lipinski definition) is 0. The van der Waals surface area contributed by atoms with Crippen LogP contribution in [0.1, 0.15) is 62.5 Å². The zero-order chi connectivity index (χ0) is 22.8. The van der Waals surface area contributed by atoms with Gasteiger partial charge in [0.15, 0.2) is 5.78 Å². The van der Waals surface area contributed by atoms with Gasteiger partial charge in [-0.3, -0.25) is 4.79 Å². The van der Waals surface area contributed by atoms with Gasteiger partial charge in [0.05, 0.1) is 17.8 Å². The van der Waals surface area contributed by atoms with E-state index in [1.54, 1.807) is 42.5 Å². The maximum atomic E-state index is 12.8. The van der Waals surface area contributed by atoms with Crippen molar-refractivity contribution < 1.29 is 19.0 Å². The lowest BCUT2D eigenvalue weighted by Gasteiger charge is -2.21. The van der Waals surface area contributed by atoms with Crippen LogP contribution in [0.2, 0.25) is 0 Å². The van der Waals surface area contributed by atoms with Crippen LogP contribution in [0.25, 0.3) is 6.08 Å². The molecule has 0 aromatic heterocycles. The first kappa shape index (κ1) is 24.3. The van der Waals surface area contributed by atoms with Gasteiger partial charge in [0, 0.05) is 5.56 Å². The summed E-state index contributed by atoms with van der Waals surface area (Å²) in [6, 6.07) is 11.1. The molecule has 0 aliphatic heterocycles. The fourth-order valence-corrected chi connectivity index (χ4v) is 3.11. The summed E-state index contributed by atoms with van der Waals surface area (Å²) in [5.74, 6) is 2.10. The summed E-state index contributed by atoms with van der Waals surface area (Å²) < 4.78 is 17.7. The molecule has 0 N–H and O–H groups in total. The van der Waals surface area contributed by atoms with E-state index in [4.69, 9.17) is 14.2 Å². The molecule has 0 heterocycles. The molecule has 0 bridgehead atoms. The zero-order valence-electron chi connectivity index (χ0n) is 19.3. The number of carbonyl (C=O) groups is 1. The lowest BCUT2D eigenvalue weighted by molar-refractivity contribution is 0.104. The second kappa shape index (κ2) is 12.0. The Morgan fingerprint density at radius 2 is 1.68 bits per heavy atom. The Kier molecular flexibility index (Phi) is 9.39. The minimum Gasteiger partial charge on any atom is -0.490 e. The fourth-order valence-electron chi connectivity index (χ4n) is 3.11. The normalized spacial score (nSPS) is 11.2. The highest BCUT2D eigenvalue weighted by Gasteiger charge is 2.16. The van der Waals surface area contributed by atoms with E-state index in [0.29, 0.717) is 23.7 Å². The molecular weight excluding hydrogens is 388 g/mol. The van der Waals surface area contributed by atoms with Gasteiger partial charge in [-0.25, -0.2) is 0 Å². The zero-order valence-corrected chi connectivity index (χ0v) is 19.3. The van der Waals surface area contributed by atoms with E-state index >= 15 is 0 Å². The number of ketones is 1. The summed E-state index contributed by atoms with van der Waals surface area (Å²) in [5.41, 5.74) is 2.50. The number of ether oxygens (including phenoxy) is 3. The first-order valence-corrected chi connectivity index (χ1v) is 10.9. The molecular formula is C27H34O4. The van der Waals surface area contributed by atoms with Crippen molar-refractivity contribution in [2.45, 2.75) is 59.7 Å². The van der Waals surface area contributed by atoms with Crippen molar-refractivity contribution >= 4 is 11.9 Å². The highest BCUT2D eigenvalue weighted by Crippen LogP contribution is 2.36. The van der Waals surface area contributed by atoms with Gasteiger partial charge >= 0.3 is 0 Å². The van der Waals surface area contributed by atoms with E-state index in [9.17, 15) is 4.79 Å². The van der Waals surface area contributed by atoms with Crippen LogP contribution in [0.5, 0.6) is 17.2 Å². The molecule has 31 heavy (non-hydrogen) atoms. The number of carbonyl (C=O) groups excluding carboxylic acids is 1. The Hall–Kier alpha value is -3.01. The third kappa shape index (κ3) is 7.32. The third-order valence-electron chi connectivity index (χ3n) is 4.38. The topological polar surface area (TPSA) is 44.8 Å². The van der Waals surface area contributed by atoms with Crippen LogP contribution in [-0.2, 0) is 6.42 Å². The van der Waals surface area contributed by atoms with Crippen LogP contribution < -0.4 is 14.2 Å². The van der Waals surface area contributed by atoms with Gasteiger partial charge in [-0.15, -0.1) is 0 Å². The molecule has 2 aromatic rings. The van der Waals surface area contributed by atoms with Gasteiger partial charge in [0.25, 0.3) is 0 Å². The van der Waals surface area contributed by atoms with Gasteiger partial charge in [0.1, 0.15) is 23.9 Å². The van der Waals surface area contributed by atoms with E-state index in [2.05, 4.69) is 19.6 Å². The summed E-state index contributed by atoms with van der Waals surface area (Å²) >= 11 is 0. The molecule has 0 atom stereocenters. The van der Waals surface area contributed by atoms with Crippen molar-refractivity contribution in [1.29, 1.82) is 0 Å². The standard InChI is InChI=1S/C27H34O4/c1-7-9-22-12-17-26(30-19(3)4)24(27(22)31-20(5)6)15-16-25(28)21-10-13-23(14-11-21)29-18-8-2/h8,10-17,19-20H,2,7,9,18H2,1,3-6H3/b16-15+. The van der Waals surface area contributed by atoms with Crippen LogP contribution in [0, 0.1) is 0 Å². The van der Waals surface area contributed by atoms with Crippen molar-refractivity contribution in [3.05, 3.63) is 71.8 Å². The Morgan fingerprint density at radius 3 is 2.26 bits per heavy atom. The van der Waals surface area contributed by atoms with E-state index in [1.807, 2.05) is 33.8 Å². The molecule has 0 amide bonds. The van der Waals surface area contributed by atoms with Crippen LogP contribution in [0.3, 0.4) is 0 Å². The molecule has 166 valence electrons. The molecule has 0 unspecified atom stereocenters. The highest BCUT2D eigenvalue weighted by molar-refractivity contribution is 6.07. The van der Waals surface area contributed by atoms with Crippen molar-refractivity contribution in [3.8, 4) is 17.2 Å². The molecule has 2 rings (SSSR count). The monoisotopic (exact) mass is 422 g/mol. The summed E-state index contributed by atoms with van der Waals surface area (Å²) in [7, 11) is 0. The number of hydrogen-bond acceptors (Lipinski definition) is 4. The smallest absolute Gasteiger partial charge is 0.185 e. The van der Waals surface area contributed by atoms with Gasteiger partial charge in [-0.2, -0.15) is 0 Å². The number of rotatable bonds is 12. The number of aryl methyl sites for hydroxylation is 1. The van der Waals surface area contributed by atoms with E-state index in [0.717, 1.165) is 29.7 Å². The summed E-state index contributed by atoms with van der Waals surface area (Å²) in [4.78, 5) is 12.8. The van der Waals surface area contributed by atoms with Gasteiger partial charge < -0.3 is 14.2 Å². The van der Waals surface area contributed by atoms with Crippen LogP contribution in [0.15, 0.2) is 55.1 Å². The highest BCUT2D eigenvalue weighted by atomic mass is 16.5. The Labute approximate surface area is 186 Å². The lowest BCUT2D eigenvalue weighted by Crippen LogP contribution is -2.12. The predicted octanol–water partition coefficient (Wildman–Crippen LogP) is 6.67. The summed E-state index contributed by atoms with van der Waals surface area (Å²) in [6.07, 6.45) is 6.98. The lowest BCUT2D eigenvalue weighted by atomic mass is 10.0. The van der Waals surface area contributed by atoms with Crippen molar-refractivity contribution in [1.82, 2.24) is 0 Å². The minimum atomic E-state index is -0.0952. The third-order valence-corrected chi connectivity index (χ3v) is 4.38. The van der Waals surface area contributed by atoms with Crippen LogP contribution >= 0.6 is 0 Å². The molecule has 0 radical (unpaired) electrons. The van der Waals surface area contributed by atoms with Crippen LogP contribution in [-0.4, -0.2) is 24.6 Å². The summed E-state index contributed by atoms with van der Waals surface area (Å²) in [6.45, 7) is 14.2. The van der Waals surface area contributed by atoms with E-state index in [1.165, 1.54) is 0 Å². The quantitative estimate of drug-likeness (QED) is 0.218. The number of benzene rings is 2. The largest absolute Gasteiger partial charge is 0.490 e. The molecule has 4 heteroatoms. The van der Waals surface area contributed by atoms with Crippen molar-refractivity contribution in [2.24, 2.45) is 0 Å². The SMILES string of the molecule is C=CCOc1ccc(C(=O)/C=C/c2c(OC(C)C)ccc(CCC)c2OC(C)C)cc1. The van der Waals surface area contributed by atoms with Gasteiger partial charge in [-0.1, -0.05) is 32.1 Å². The Balaban J connectivity index is 2.39. The molecule has 4 nitrogen and oxygen atoms in total. The summed E-state index contributed by atoms with van der Waals surface area (Å²) in [5, 5.41) is 0. The number of allylic oxidation sites excluding steroid dienone is 1. The van der Waals surface area contributed by atoms with E-state index in [-0.39, 0.29) is 18.0 Å². The Morgan fingerprint density at radius 1 is 1.00 bits per heavy atom. The molecule has 0 saturated carbocycles. The van der Waals surface area contributed by atoms with Crippen molar-refractivity contribution in [2.75, 3.05) is 6.61 Å². The molecule has 2 aromatic carbocycles. The predicted molar refractivity (Wildman–Crippen MR) is 127 cm³/mol. The van der Waals surface area contributed by atoms with Gasteiger partial charge in [0.2, 0.25) is 0 Å². The molecule has 0 saturated heterocycles. The molecule has 0 aliphatic rings. The maximum Gasteiger partial charge on any atom is 0.185 e. The molecule has 0 spiro atoms. The van der Waals surface area contributed by atoms with E-state index < -0.39 is 0 Å². The second-order valence-corrected chi connectivity index (χ2v) is 7.87.